The van der Waals surface area contributed by atoms with Gasteiger partial charge in [0.2, 0.25) is 0 Å². The van der Waals surface area contributed by atoms with E-state index in [0.29, 0.717) is 32.2 Å². The molecule has 0 radical (unpaired) electrons. The number of thioether (sulfide) groups is 1. The van der Waals surface area contributed by atoms with E-state index in [1.54, 1.807) is 16.7 Å². The number of carbonyl (C=O) groups excluding carboxylic acids is 1. The van der Waals surface area contributed by atoms with Crippen molar-refractivity contribution in [2.45, 2.75) is 30.7 Å². The van der Waals surface area contributed by atoms with Crippen molar-refractivity contribution in [3.8, 4) is 0 Å². The maximum absolute atomic E-state index is 11.7. The molecule has 0 saturated carbocycles. The number of aliphatic imine (C=N–C) groups is 1. The van der Waals surface area contributed by atoms with Crippen molar-refractivity contribution in [1.82, 2.24) is 10.2 Å². The van der Waals surface area contributed by atoms with Crippen LogP contribution >= 0.6 is 23.4 Å². The lowest BCUT2D eigenvalue weighted by Crippen LogP contribution is -2.48. The Kier molecular flexibility index (Phi) is 8.21. The fourth-order valence-corrected chi connectivity index (χ4v) is 3.41. The van der Waals surface area contributed by atoms with Gasteiger partial charge in [-0.25, -0.2) is 4.79 Å². The number of hydrogen-bond acceptors (Lipinski definition) is 4. The summed E-state index contributed by atoms with van der Waals surface area (Å²) in [5.74, 6) is 1.32. The SMILES string of the molecule is CCOC(=O)N1CCC(NC(N)=NCCSc2ccc(Cl)cc2)CC1. The zero-order valence-electron chi connectivity index (χ0n) is 14.4. The lowest BCUT2D eigenvalue weighted by atomic mass is 10.1. The normalized spacial score (nSPS) is 15.9. The molecule has 0 aromatic heterocycles. The lowest BCUT2D eigenvalue weighted by Gasteiger charge is -2.31. The number of nitrogens with two attached hydrogens (primary N) is 1. The van der Waals surface area contributed by atoms with E-state index in [2.05, 4.69) is 10.3 Å². The molecule has 1 aromatic rings. The number of nitrogens with one attached hydrogen (secondary N) is 1. The predicted octanol–water partition coefficient (Wildman–Crippen LogP) is 2.96. The third-order valence-corrected chi connectivity index (χ3v) is 5.07. The highest BCUT2D eigenvalue weighted by Gasteiger charge is 2.23. The van der Waals surface area contributed by atoms with Crippen LogP contribution in [-0.2, 0) is 4.74 Å². The van der Waals surface area contributed by atoms with E-state index in [1.165, 1.54) is 0 Å². The van der Waals surface area contributed by atoms with E-state index >= 15 is 0 Å². The van der Waals surface area contributed by atoms with Gasteiger partial charge in [0.15, 0.2) is 5.96 Å². The maximum atomic E-state index is 11.7. The van der Waals surface area contributed by atoms with E-state index < -0.39 is 0 Å². The van der Waals surface area contributed by atoms with Crippen LogP contribution < -0.4 is 11.1 Å². The second-order valence-corrected chi connectivity index (χ2v) is 7.28. The quantitative estimate of drug-likeness (QED) is 0.341. The van der Waals surface area contributed by atoms with Crippen LogP contribution in [0.3, 0.4) is 0 Å². The first kappa shape index (κ1) is 19.7. The summed E-state index contributed by atoms with van der Waals surface area (Å²) in [4.78, 5) is 18.9. The van der Waals surface area contributed by atoms with Gasteiger partial charge < -0.3 is 20.7 Å². The summed E-state index contributed by atoms with van der Waals surface area (Å²) in [7, 11) is 0. The first-order valence-corrected chi connectivity index (χ1v) is 9.81. The van der Waals surface area contributed by atoms with Gasteiger partial charge in [-0.05, 0) is 44.0 Å². The van der Waals surface area contributed by atoms with E-state index in [1.807, 2.05) is 31.2 Å². The van der Waals surface area contributed by atoms with Gasteiger partial charge in [0.1, 0.15) is 0 Å². The highest BCUT2D eigenvalue weighted by Crippen LogP contribution is 2.19. The molecule has 25 heavy (non-hydrogen) atoms. The first-order valence-electron chi connectivity index (χ1n) is 8.45. The van der Waals surface area contributed by atoms with Crippen molar-refractivity contribution in [3.63, 3.8) is 0 Å². The summed E-state index contributed by atoms with van der Waals surface area (Å²) in [6.45, 7) is 4.22. The predicted molar refractivity (Wildman–Crippen MR) is 103 cm³/mol. The number of amides is 1. The Morgan fingerprint density at radius 1 is 1.40 bits per heavy atom. The fourth-order valence-electron chi connectivity index (χ4n) is 2.54. The number of nitrogens with zero attached hydrogens (tertiary/aromatic N) is 2. The molecule has 0 aliphatic carbocycles. The molecule has 1 heterocycles. The largest absolute Gasteiger partial charge is 0.450 e. The number of rotatable bonds is 6. The van der Waals surface area contributed by atoms with Crippen molar-refractivity contribution in [1.29, 1.82) is 0 Å². The van der Waals surface area contributed by atoms with Gasteiger partial charge in [-0.15, -0.1) is 11.8 Å². The second kappa shape index (κ2) is 10.4. The average molecular weight is 385 g/mol. The number of hydrogen-bond donors (Lipinski definition) is 2. The number of benzene rings is 1. The molecule has 0 spiro atoms. The Morgan fingerprint density at radius 2 is 2.08 bits per heavy atom. The van der Waals surface area contributed by atoms with Gasteiger partial charge in [0.25, 0.3) is 0 Å². The number of piperidine rings is 1. The van der Waals surface area contributed by atoms with E-state index in [-0.39, 0.29) is 12.1 Å². The molecule has 3 N–H and O–H groups in total. The smallest absolute Gasteiger partial charge is 0.409 e. The number of ether oxygens (including phenoxy) is 1. The van der Waals surface area contributed by atoms with Crippen molar-refractivity contribution >= 4 is 35.4 Å². The topological polar surface area (TPSA) is 80.0 Å². The van der Waals surface area contributed by atoms with E-state index in [4.69, 9.17) is 22.1 Å². The molecule has 0 bridgehead atoms. The summed E-state index contributed by atoms with van der Waals surface area (Å²) in [5.41, 5.74) is 5.95. The summed E-state index contributed by atoms with van der Waals surface area (Å²) in [6.07, 6.45) is 1.45. The highest BCUT2D eigenvalue weighted by atomic mass is 35.5. The van der Waals surface area contributed by atoms with Crippen LogP contribution in [0, 0.1) is 0 Å². The summed E-state index contributed by atoms with van der Waals surface area (Å²) < 4.78 is 5.01. The van der Waals surface area contributed by atoms with Gasteiger partial charge in [-0.3, -0.25) is 4.99 Å². The Balaban J connectivity index is 1.64. The number of guanidine groups is 1. The Bertz CT molecular complexity index is 575. The molecular formula is C17H25ClN4O2S. The van der Waals surface area contributed by atoms with Crippen molar-refractivity contribution in [3.05, 3.63) is 29.3 Å². The zero-order chi connectivity index (χ0) is 18.1. The van der Waals surface area contributed by atoms with Crippen LogP contribution in [0.2, 0.25) is 5.02 Å². The second-order valence-electron chi connectivity index (χ2n) is 5.67. The number of carbonyl (C=O) groups is 1. The van der Waals surface area contributed by atoms with Gasteiger partial charge >= 0.3 is 6.09 Å². The molecule has 138 valence electrons. The van der Waals surface area contributed by atoms with Crippen LogP contribution in [0.4, 0.5) is 4.79 Å². The third-order valence-electron chi connectivity index (χ3n) is 3.83. The minimum absolute atomic E-state index is 0.234. The molecule has 1 aromatic carbocycles. The summed E-state index contributed by atoms with van der Waals surface area (Å²) >= 11 is 7.58. The third kappa shape index (κ3) is 7.04. The molecule has 8 heteroatoms. The molecule has 1 aliphatic rings. The fraction of sp³-hybridized carbons (Fsp3) is 0.529. The Hall–Kier alpha value is -1.60. The van der Waals surface area contributed by atoms with E-state index in [9.17, 15) is 4.79 Å². The number of likely N-dealkylation sites (tertiary alicyclic amines) is 1. The molecule has 6 nitrogen and oxygen atoms in total. The van der Waals surface area contributed by atoms with Crippen molar-refractivity contribution < 1.29 is 9.53 Å². The van der Waals surface area contributed by atoms with Gasteiger partial charge in [0.05, 0.1) is 13.2 Å². The molecular weight excluding hydrogens is 360 g/mol. The minimum Gasteiger partial charge on any atom is -0.450 e. The minimum atomic E-state index is -0.234. The van der Waals surface area contributed by atoms with Crippen molar-refractivity contribution in [2.75, 3.05) is 32.0 Å². The molecule has 1 aliphatic heterocycles. The average Bonchev–Trinajstić information content (AvgIpc) is 2.61. The van der Waals surface area contributed by atoms with Gasteiger partial charge in [0, 0.05) is 34.8 Å². The molecule has 1 saturated heterocycles. The molecule has 1 fully saturated rings. The first-order chi connectivity index (χ1) is 12.1. The van der Waals surface area contributed by atoms with Gasteiger partial charge in [-0.1, -0.05) is 11.6 Å². The molecule has 1 amide bonds. The molecule has 0 unspecified atom stereocenters. The van der Waals surface area contributed by atoms with Crippen LogP contribution in [-0.4, -0.2) is 55.0 Å². The van der Waals surface area contributed by atoms with Crippen LogP contribution in [0.5, 0.6) is 0 Å². The number of halogens is 1. The van der Waals surface area contributed by atoms with Gasteiger partial charge in [-0.2, -0.15) is 0 Å². The van der Waals surface area contributed by atoms with Crippen LogP contribution in [0.25, 0.3) is 0 Å². The van der Waals surface area contributed by atoms with Crippen LogP contribution in [0.15, 0.2) is 34.2 Å². The Morgan fingerprint density at radius 3 is 2.72 bits per heavy atom. The molecule has 0 atom stereocenters. The lowest BCUT2D eigenvalue weighted by molar-refractivity contribution is 0.0963. The summed E-state index contributed by atoms with van der Waals surface area (Å²) in [6, 6.07) is 8.00. The standard InChI is InChI=1S/C17H25ClN4O2S/c1-2-24-17(23)22-10-7-14(8-11-22)21-16(19)20-9-12-25-15-5-3-13(18)4-6-15/h3-6,14H,2,7-12H2,1H3,(H3,19,20,21). The highest BCUT2D eigenvalue weighted by molar-refractivity contribution is 7.99. The van der Waals surface area contributed by atoms with Crippen LogP contribution in [0.1, 0.15) is 19.8 Å². The zero-order valence-corrected chi connectivity index (χ0v) is 16.0. The Labute approximate surface area is 158 Å². The van der Waals surface area contributed by atoms with E-state index in [0.717, 1.165) is 28.5 Å². The summed E-state index contributed by atoms with van der Waals surface area (Å²) in [5, 5.41) is 3.98. The molecule has 2 rings (SSSR count). The maximum Gasteiger partial charge on any atom is 0.409 e. The van der Waals surface area contributed by atoms with Crippen molar-refractivity contribution in [2.24, 2.45) is 10.7 Å². The monoisotopic (exact) mass is 384 g/mol.